The molecule has 1 fully saturated rings. The lowest BCUT2D eigenvalue weighted by Gasteiger charge is -2.25. The van der Waals surface area contributed by atoms with Crippen molar-refractivity contribution in [2.45, 2.75) is 51.0 Å². The van der Waals surface area contributed by atoms with E-state index in [2.05, 4.69) is 48.8 Å². The number of benzene rings is 1. The van der Waals surface area contributed by atoms with Gasteiger partial charge in [-0.2, -0.15) is 0 Å². The lowest BCUT2D eigenvalue weighted by atomic mass is 9.86. The van der Waals surface area contributed by atoms with Crippen molar-refractivity contribution >= 4 is 15.9 Å². The van der Waals surface area contributed by atoms with E-state index in [1.165, 1.54) is 11.1 Å². The number of hydrogen-bond donors (Lipinski definition) is 1. The predicted octanol–water partition coefficient (Wildman–Crippen LogP) is 3.96. The van der Waals surface area contributed by atoms with Crippen molar-refractivity contribution in [3.8, 4) is 5.75 Å². The maximum atomic E-state index is 6.19. The first-order valence-electron chi connectivity index (χ1n) is 6.56. The maximum absolute atomic E-state index is 6.19. The molecule has 0 aliphatic heterocycles. The van der Waals surface area contributed by atoms with Gasteiger partial charge in [0.1, 0.15) is 5.75 Å². The summed E-state index contributed by atoms with van der Waals surface area (Å²) in [6.07, 6.45) is 2.32. The summed E-state index contributed by atoms with van der Waals surface area (Å²) in [5, 5.41) is 0. The molecule has 0 bridgehead atoms. The van der Waals surface area contributed by atoms with E-state index in [-0.39, 0.29) is 11.5 Å². The fourth-order valence-electron chi connectivity index (χ4n) is 2.75. The normalized spacial score (nSPS) is 18.8. The minimum absolute atomic E-state index is 0.124. The van der Waals surface area contributed by atoms with E-state index >= 15 is 0 Å². The zero-order chi connectivity index (χ0) is 13.5. The number of rotatable bonds is 4. The van der Waals surface area contributed by atoms with Gasteiger partial charge < -0.3 is 10.5 Å². The average molecular weight is 312 g/mol. The highest BCUT2D eigenvalue weighted by Crippen LogP contribution is 2.55. The van der Waals surface area contributed by atoms with Crippen molar-refractivity contribution in [3.05, 3.63) is 27.7 Å². The summed E-state index contributed by atoms with van der Waals surface area (Å²) in [7, 11) is 1.76. The van der Waals surface area contributed by atoms with Gasteiger partial charge in [-0.1, -0.05) is 29.8 Å². The third-order valence-corrected chi connectivity index (χ3v) is 4.56. The van der Waals surface area contributed by atoms with Crippen molar-refractivity contribution in [3.63, 3.8) is 0 Å². The van der Waals surface area contributed by atoms with E-state index in [9.17, 15) is 0 Å². The lowest BCUT2D eigenvalue weighted by Crippen LogP contribution is -2.32. The smallest absolute Gasteiger partial charge is 0.126 e. The number of nitrogens with two attached hydrogens (primary N) is 1. The Hall–Kier alpha value is -0.540. The summed E-state index contributed by atoms with van der Waals surface area (Å²) in [5.74, 6) is 1.48. The first-order valence-corrected chi connectivity index (χ1v) is 7.35. The standard InChI is InChI=1S/C15H22BrNO/c1-9(2)12-7-11(16)8-13(14(12)18-4)15(5-6-15)10(3)17/h7-10H,5-6,17H2,1-4H3. The Morgan fingerprint density at radius 1 is 1.28 bits per heavy atom. The van der Waals surface area contributed by atoms with Crippen molar-refractivity contribution in [1.82, 2.24) is 0 Å². The molecule has 1 atom stereocenters. The van der Waals surface area contributed by atoms with Crippen LogP contribution in [-0.4, -0.2) is 13.2 Å². The van der Waals surface area contributed by atoms with Gasteiger partial charge in [-0.25, -0.2) is 0 Å². The highest BCUT2D eigenvalue weighted by molar-refractivity contribution is 9.10. The molecule has 18 heavy (non-hydrogen) atoms. The summed E-state index contributed by atoms with van der Waals surface area (Å²) in [6, 6.07) is 4.51. The van der Waals surface area contributed by atoms with Gasteiger partial charge in [0.2, 0.25) is 0 Å². The third-order valence-electron chi connectivity index (χ3n) is 4.11. The zero-order valence-corrected chi connectivity index (χ0v) is 13.2. The van der Waals surface area contributed by atoms with E-state index in [4.69, 9.17) is 10.5 Å². The molecule has 1 aromatic carbocycles. The Morgan fingerprint density at radius 3 is 2.28 bits per heavy atom. The zero-order valence-electron chi connectivity index (χ0n) is 11.6. The monoisotopic (exact) mass is 311 g/mol. The molecule has 1 unspecified atom stereocenters. The molecule has 0 saturated heterocycles. The Labute approximate surface area is 118 Å². The fraction of sp³-hybridized carbons (Fsp3) is 0.600. The maximum Gasteiger partial charge on any atom is 0.126 e. The van der Waals surface area contributed by atoms with E-state index in [1.807, 2.05) is 0 Å². The molecule has 0 aromatic heterocycles. The van der Waals surface area contributed by atoms with Gasteiger partial charge >= 0.3 is 0 Å². The molecular formula is C15H22BrNO. The van der Waals surface area contributed by atoms with Gasteiger partial charge in [-0.05, 0) is 43.4 Å². The molecule has 1 aliphatic rings. The molecular weight excluding hydrogens is 290 g/mol. The Bertz CT molecular complexity index is 450. The minimum Gasteiger partial charge on any atom is -0.496 e. The van der Waals surface area contributed by atoms with E-state index in [1.54, 1.807) is 7.11 Å². The van der Waals surface area contributed by atoms with Crippen LogP contribution >= 0.6 is 15.9 Å². The summed E-state index contributed by atoms with van der Waals surface area (Å²) in [5.41, 5.74) is 8.85. The number of halogens is 1. The summed E-state index contributed by atoms with van der Waals surface area (Å²) >= 11 is 3.62. The van der Waals surface area contributed by atoms with Gasteiger partial charge in [0, 0.05) is 21.5 Å². The summed E-state index contributed by atoms with van der Waals surface area (Å²) < 4.78 is 6.81. The number of hydrogen-bond acceptors (Lipinski definition) is 2. The van der Waals surface area contributed by atoms with Crippen LogP contribution in [0, 0.1) is 0 Å². The van der Waals surface area contributed by atoms with Crippen LogP contribution in [0.1, 0.15) is 50.7 Å². The molecule has 1 aliphatic carbocycles. The molecule has 2 N–H and O–H groups in total. The van der Waals surface area contributed by atoms with Crippen LogP contribution in [0.3, 0.4) is 0 Å². The summed E-state index contributed by atoms with van der Waals surface area (Å²) in [6.45, 7) is 6.49. The van der Waals surface area contributed by atoms with Crippen molar-refractivity contribution in [2.24, 2.45) is 5.73 Å². The highest BCUT2D eigenvalue weighted by Gasteiger charge is 2.49. The Balaban J connectivity index is 2.60. The second kappa shape index (κ2) is 4.86. The van der Waals surface area contributed by atoms with Crippen LogP contribution in [0.15, 0.2) is 16.6 Å². The predicted molar refractivity (Wildman–Crippen MR) is 79.3 cm³/mol. The Kier molecular flexibility index (Phi) is 3.75. The molecule has 0 amide bonds. The van der Waals surface area contributed by atoms with Gasteiger partial charge in [-0.15, -0.1) is 0 Å². The van der Waals surface area contributed by atoms with E-state index < -0.39 is 0 Å². The molecule has 0 heterocycles. The van der Waals surface area contributed by atoms with Crippen LogP contribution in [0.25, 0.3) is 0 Å². The Morgan fingerprint density at radius 2 is 1.89 bits per heavy atom. The fourth-order valence-corrected chi connectivity index (χ4v) is 3.22. The van der Waals surface area contributed by atoms with Crippen LogP contribution in [-0.2, 0) is 5.41 Å². The molecule has 1 aromatic rings. The summed E-state index contributed by atoms with van der Waals surface area (Å²) in [4.78, 5) is 0. The molecule has 3 heteroatoms. The van der Waals surface area contributed by atoms with Crippen LogP contribution in [0.2, 0.25) is 0 Å². The molecule has 0 radical (unpaired) electrons. The van der Waals surface area contributed by atoms with Crippen LogP contribution in [0.5, 0.6) is 5.75 Å². The van der Waals surface area contributed by atoms with Gasteiger partial charge in [0.05, 0.1) is 7.11 Å². The molecule has 2 rings (SSSR count). The molecule has 0 spiro atoms. The largest absolute Gasteiger partial charge is 0.496 e. The van der Waals surface area contributed by atoms with Crippen LogP contribution in [0.4, 0.5) is 0 Å². The molecule has 1 saturated carbocycles. The van der Waals surface area contributed by atoms with Crippen molar-refractivity contribution in [1.29, 1.82) is 0 Å². The quantitative estimate of drug-likeness (QED) is 0.913. The number of ether oxygens (including phenoxy) is 1. The minimum atomic E-state index is 0.124. The van der Waals surface area contributed by atoms with Gasteiger partial charge in [-0.3, -0.25) is 0 Å². The first kappa shape index (κ1) is 13.9. The van der Waals surface area contributed by atoms with Crippen molar-refractivity contribution < 1.29 is 4.74 Å². The van der Waals surface area contributed by atoms with Crippen LogP contribution < -0.4 is 10.5 Å². The average Bonchev–Trinajstić information content (AvgIpc) is 3.08. The first-order chi connectivity index (χ1) is 8.42. The SMILES string of the molecule is COc1c(C(C)C)cc(Br)cc1C1(C(C)N)CC1. The molecule has 100 valence electrons. The highest BCUT2D eigenvalue weighted by atomic mass is 79.9. The van der Waals surface area contributed by atoms with Gasteiger partial charge in [0.25, 0.3) is 0 Å². The van der Waals surface area contributed by atoms with E-state index in [0.717, 1.165) is 23.1 Å². The van der Waals surface area contributed by atoms with E-state index in [0.29, 0.717) is 5.92 Å². The van der Waals surface area contributed by atoms with Gasteiger partial charge in [0.15, 0.2) is 0 Å². The second-order valence-electron chi connectivity index (χ2n) is 5.68. The topological polar surface area (TPSA) is 35.2 Å². The van der Waals surface area contributed by atoms with Crippen molar-refractivity contribution in [2.75, 3.05) is 7.11 Å². The second-order valence-corrected chi connectivity index (χ2v) is 6.59. The number of methoxy groups -OCH3 is 1. The third kappa shape index (κ3) is 2.19. The lowest BCUT2D eigenvalue weighted by molar-refractivity contribution is 0.391. The molecule has 2 nitrogen and oxygen atoms in total.